The smallest absolute Gasteiger partial charge is 0.249 e. The Morgan fingerprint density at radius 1 is 1.44 bits per heavy atom. The first-order valence-electron chi connectivity index (χ1n) is 8.57. The monoisotopic (exact) mass is 359 g/mol. The molecule has 2 aromatic heterocycles. The van der Waals surface area contributed by atoms with Crippen LogP contribution >= 0.6 is 11.3 Å². The molecule has 0 unspecified atom stereocenters. The van der Waals surface area contributed by atoms with Crippen LogP contribution in [0.1, 0.15) is 23.5 Å². The molecule has 25 heavy (non-hydrogen) atoms. The molecule has 0 aliphatic carbocycles. The molecule has 0 aromatic carbocycles. The first-order chi connectivity index (χ1) is 12.2. The van der Waals surface area contributed by atoms with Crippen LogP contribution in [0.2, 0.25) is 0 Å². The van der Waals surface area contributed by atoms with Gasteiger partial charge in [-0.3, -0.25) is 9.78 Å². The summed E-state index contributed by atoms with van der Waals surface area (Å²) in [5.41, 5.74) is 0.851. The maximum absolute atomic E-state index is 12.4. The predicted octanol–water partition coefficient (Wildman–Crippen LogP) is 1.54. The summed E-state index contributed by atoms with van der Waals surface area (Å²) >= 11 is 1.60. The van der Waals surface area contributed by atoms with E-state index in [1.807, 2.05) is 25.1 Å². The van der Waals surface area contributed by atoms with Gasteiger partial charge in [-0.05, 0) is 37.8 Å². The van der Waals surface area contributed by atoms with Gasteiger partial charge >= 0.3 is 0 Å². The largest absolute Gasteiger partial charge is 0.363 e. The van der Waals surface area contributed by atoms with E-state index in [2.05, 4.69) is 25.4 Å². The summed E-state index contributed by atoms with van der Waals surface area (Å²) in [5, 5.41) is 13.2. The number of hydrogen-bond donors (Lipinski definition) is 1. The predicted molar refractivity (Wildman–Crippen MR) is 94.3 cm³/mol. The lowest BCUT2D eigenvalue weighted by Crippen LogP contribution is -2.42. The number of carbonyl (C=O) groups is 1. The second-order valence-electron chi connectivity index (χ2n) is 6.54. The fourth-order valence-electron chi connectivity index (χ4n) is 3.48. The lowest BCUT2D eigenvalue weighted by Gasteiger charge is -2.33. The fourth-order valence-corrected chi connectivity index (χ4v) is 4.20. The van der Waals surface area contributed by atoms with Crippen LogP contribution in [0.25, 0.3) is 0 Å². The van der Waals surface area contributed by atoms with Gasteiger partial charge in [0.15, 0.2) is 0 Å². The van der Waals surface area contributed by atoms with E-state index < -0.39 is 0 Å². The van der Waals surface area contributed by atoms with Gasteiger partial charge in [-0.1, -0.05) is 17.4 Å². The number of piperidine rings is 1. The van der Waals surface area contributed by atoms with E-state index in [-0.39, 0.29) is 18.1 Å². The quantitative estimate of drug-likeness (QED) is 0.892. The maximum atomic E-state index is 12.4. The number of fused-ring (bicyclic) bond motifs is 1. The van der Waals surface area contributed by atoms with Gasteiger partial charge in [-0.2, -0.15) is 0 Å². The van der Waals surface area contributed by atoms with Crippen LogP contribution in [0.5, 0.6) is 0 Å². The van der Waals surface area contributed by atoms with Crippen molar-refractivity contribution >= 4 is 22.4 Å². The molecule has 3 atom stereocenters. The summed E-state index contributed by atoms with van der Waals surface area (Å²) in [6.07, 6.45) is 3.26. The third-order valence-electron chi connectivity index (χ3n) is 4.80. The van der Waals surface area contributed by atoms with Gasteiger partial charge in [0.1, 0.15) is 11.1 Å². The van der Waals surface area contributed by atoms with Crippen molar-refractivity contribution in [1.82, 2.24) is 20.5 Å². The molecule has 2 aromatic rings. The number of hydrogen-bond acceptors (Lipinski definition) is 7. The van der Waals surface area contributed by atoms with E-state index in [9.17, 15) is 4.79 Å². The number of aryl methyl sites for hydroxylation is 1. The van der Waals surface area contributed by atoms with Crippen molar-refractivity contribution in [3.63, 3.8) is 0 Å². The Bertz CT molecular complexity index is 738. The summed E-state index contributed by atoms with van der Waals surface area (Å²) < 4.78 is 6.06. The SMILES string of the molecule is Cc1nnc(N2CC[C@@H]3C[C@@H](C(=O)NCc4ccccn4)O[C@H]3C2)s1. The van der Waals surface area contributed by atoms with Crippen LogP contribution < -0.4 is 10.2 Å². The number of carbonyl (C=O) groups excluding carboxylic acids is 1. The number of pyridine rings is 1. The van der Waals surface area contributed by atoms with Gasteiger partial charge in [0.05, 0.1) is 18.3 Å². The number of anilines is 1. The van der Waals surface area contributed by atoms with Crippen molar-refractivity contribution in [2.75, 3.05) is 18.0 Å². The highest BCUT2D eigenvalue weighted by Crippen LogP contribution is 2.35. The summed E-state index contributed by atoms with van der Waals surface area (Å²) in [7, 11) is 0. The van der Waals surface area contributed by atoms with Crippen molar-refractivity contribution in [3.05, 3.63) is 35.1 Å². The second-order valence-corrected chi connectivity index (χ2v) is 7.70. The molecule has 7 nitrogen and oxygen atoms in total. The number of aromatic nitrogens is 3. The highest BCUT2D eigenvalue weighted by Gasteiger charge is 2.42. The molecular formula is C17H21N5O2S. The highest BCUT2D eigenvalue weighted by molar-refractivity contribution is 7.15. The Morgan fingerprint density at radius 3 is 3.12 bits per heavy atom. The molecule has 4 heterocycles. The van der Waals surface area contributed by atoms with Crippen LogP contribution in [0.15, 0.2) is 24.4 Å². The zero-order valence-electron chi connectivity index (χ0n) is 14.1. The number of amides is 1. The van der Waals surface area contributed by atoms with Crippen molar-refractivity contribution in [2.24, 2.45) is 5.92 Å². The molecule has 8 heteroatoms. The maximum Gasteiger partial charge on any atom is 0.249 e. The Hall–Kier alpha value is -2.06. The Morgan fingerprint density at radius 2 is 2.36 bits per heavy atom. The van der Waals surface area contributed by atoms with Gasteiger partial charge in [-0.25, -0.2) is 0 Å². The van der Waals surface area contributed by atoms with Gasteiger partial charge in [0.25, 0.3) is 0 Å². The Labute approximate surface area is 150 Å². The Balaban J connectivity index is 1.32. The molecule has 0 saturated carbocycles. The van der Waals surface area contributed by atoms with Crippen molar-refractivity contribution < 1.29 is 9.53 Å². The number of nitrogens with zero attached hydrogens (tertiary/aromatic N) is 4. The lowest BCUT2D eigenvalue weighted by molar-refractivity contribution is -0.132. The average molecular weight is 359 g/mol. The zero-order chi connectivity index (χ0) is 17.2. The van der Waals surface area contributed by atoms with Crippen molar-refractivity contribution in [2.45, 2.75) is 38.5 Å². The van der Waals surface area contributed by atoms with Crippen LogP contribution in [0, 0.1) is 12.8 Å². The van der Waals surface area contributed by atoms with E-state index in [1.54, 1.807) is 17.5 Å². The highest BCUT2D eigenvalue weighted by atomic mass is 32.1. The van der Waals surface area contributed by atoms with E-state index in [4.69, 9.17) is 4.74 Å². The molecule has 0 spiro atoms. The van der Waals surface area contributed by atoms with Gasteiger partial charge in [0, 0.05) is 19.3 Å². The molecule has 132 valence electrons. The molecule has 2 aliphatic rings. The first-order valence-corrected chi connectivity index (χ1v) is 9.39. The fraction of sp³-hybridized carbons (Fsp3) is 0.529. The number of nitrogens with one attached hydrogen (secondary N) is 1. The molecular weight excluding hydrogens is 338 g/mol. The van der Waals surface area contributed by atoms with Crippen LogP contribution in [-0.4, -0.2) is 46.4 Å². The average Bonchev–Trinajstić information content (AvgIpc) is 3.26. The minimum absolute atomic E-state index is 0.0432. The molecule has 2 fully saturated rings. The molecule has 1 N–H and O–H groups in total. The molecule has 0 radical (unpaired) electrons. The second kappa shape index (κ2) is 7.05. The van der Waals surface area contributed by atoms with E-state index >= 15 is 0 Å². The molecule has 2 saturated heterocycles. The minimum atomic E-state index is -0.366. The van der Waals surface area contributed by atoms with Crippen LogP contribution in [0.3, 0.4) is 0 Å². The summed E-state index contributed by atoms with van der Waals surface area (Å²) in [6, 6.07) is 5.68. The lowest BCUT2D eigenvalue weighted by atomic mass is 9.92. The normalized spacial score (nSPS) is 25.6. The van der Waals surface area contributed by atoms with Gasteiger partial charge in [-0.15, -0.1) is 10.2 Å². The van der Waals surface area contributed by atoms with E-state index in [1.165, 1.54) is 0 Å². The number of ether oxygens (including phenoxy) is 1. The van der Waals surface area contributed by atoms with Crippen LogP contribution in [0.4, 0.5) is 5.13 Å². The van der Waals surface area contributed by atoms with Gasteiger partial charge in [0.2, 0.25) is 11.0 Å². The molecule has 2 aliphatic heterocycles. The zero-order valence-corrected chi connectivity index (χ0v) is 14.9. The van der Waals surface area contributed by atoms with Gasteiger partial charge < -0.3 is 15.0 Å². The van der Waals surface area contributed by atoms with E-state index in [0.29, 0.717) is 12.5 Å². The van der Waals surface area contributed by atoms with Crippen molar-refractivity contribution in [3.8, 4) is 0 Å². The minimum Gasteiger partial charge on any atom is -0.363 e. The standard InChI is InChI=1S/C17H21N5O2S/c1-11-20-21-17(25-11)22-7-5-12-8-14(24-15(12)10-22)16(23)19-9-13-4-2-3-6-18-13/h2-4,6,12,14-15H,5,7-10H2,1H3,(H,19,23)/t12-,14+,15+/m1/s1. The topological polar surface area (TPSA) is 80.2 Å². The third-order valence-corrected chi connectivity index (χ3v) is 5.70. The molecule has 4 rings (SSSR count). The summed E-state index contributed by atoms with van der Waals surface area (Å²) in [5.74, 6) is 0.397. The summed E-state index contributed by atoms with van der Waals surface area (Å²) in [6.45, 7) is 4.12. The first kappa shape index (κ1) is 16.4. The van der Waals surface area contributed by atoms with Crippen LogP contribution in [-0.2, 0) is 16.1 Å². The molecule has 1 amide bonds. The van der Waals surface area contributed by atoms with Crippen molar-refractivity contribution in [1.29, 1.82) is 0 Å². The summed E-state index contributed by atoms with van der Waals surface area (Å²) in [4.78, 5) is 18.9. The third kappa shape index (κ3) is 3.64. The van der Waals surface area contributed by atoms with E-state index in [0.717, 1.165) is 41.8 Å². The Kier molecular flexibility index (Phi) is 4.63. The molecule has 0 bridgehead atoms. The number of rotatable bonds is 4.